The van der Waals surface area contributed by atoms with Crippen molar-refractivity contribution >= 4 is 6.08 Å². The van der Waals surface area contributed by atoms with E-state index in [2.05, 4.69) is 48.2 Å². The normalized spacial score (nSPS) is 25.8. The Morgan fingerprint density at radius 3 is 2.67 bits per heavy atom. The molecule has 2 N–H and O–H groups in total. The van der Waals surface area contributed by atoms with Crippen LogP contribution in [-0.4, -0.2) is 29.6 Å². The minimum Gasteiger partial charge on any atom is -0.324 e. The molecule has 0 bridgehead atoms. The molecule has 0 amide bonds. The Hall–Kier alpha value is -1.12. The number of nitrogens with zero attached hydrogens (tertiary/aromatic N) is 1. The highest BCUT2D eigenvalue weighted by molar-refractivity contribution is 5.53. The van der Waals surface area contributed by atoms with Crippen molar-refractivity contribution in [2.24, 2.45) is 5.73 Å². The van der Waals surface area contributed by atoms with E-state index < -0.39 is 0 Å². The lowest BCUT2D eigenvalue weighted by atomic mass is 9.89. The summed E-state index contributed by atoms with van der Waals surface area (Å²) in [5, 5.41) is 0. The zero-order valence-corrected chi connectivity index (χ0v) is 13.2. The standard InChI is InChI=1S/C19H28N2/c1-15(13-16-7-3-2-4-8-16)19(20)14-18-11-6-12-21(18)17-9-5-10-17/h2-4,7-8,13,17-19H,5-6,9-12,14,20H2,1H3/t18?,19-/m0/s1. The van der Waals surface area contributed by atoms with Gasteiger partial charge < -0.3 is 5.73 Å². The average molecular weight is 284 g/mol. The van der Waals surface area contributed by atoms with E-state index in [-0.39, 0.29) is 6.04 Å². The minimum absolute atomic E-state index is 0.191. The Morgan fingerprint density at radius 2 is 2.00 bits per heavy atom. The van der Waals surface area contributed by atoms with Crippen molar-refractivity contribution in [2.75, 3.05) is 6.54 Å². The zero-order valence-electron chi connectivity index (χ0n) is 13.2. The van der Waals surface area contributed by atoms with E-state index in [9.17, 15) is 0 Å². The summed E-state index contributed by atoms with van der Waals surface area (Å²) in [6.45, 7) is 3.48. The number of likely N-dealkylation sites (tertiary alicyclic amines) is 1. The summed E-state index contributed by atoms with van der Waals surface area (Å²) in [4.78, 5) is 2.75. The van der Waals surface area contributed by atoms with Gasteiger partial charge in [0.05, 0.1) is 0 Å². The molecule has 1 aliphatic carbocycles. The van der Waals surface area contributed by atoms with Crippen molar-refractivity contribution < 1.29 is 0 Å². The second kappa shape index (κ2) is 6.76. The Kier molecular flexibility index (Phi) is 4.77. The molecule has 2 fully saturated rings. The minimum atomic E-state index is 0.191. The van der Waals surface area contributed by atoms with Crippen molar-refractivity contribution in [3.05, 3.63) is 41.5 Å². The summed E-state index contributed by atoms with van der Waals surface area (Å²) in [6, 6.07) is 12.3. The molecule has 114 valence electrons. The fourth-order valence-corrected chi connectivity index (χ4v) is 3.71. The third-order valence-electron chi connectivity index (χ3n) is 5.27. The van der Waals surface area contributed by atoms with Gasteiger partial charge >= 0.3 is 0 Å². The second-order valence-corrected chi connectivity index (χ2v) is 6.76. The van der Waals surface area contributed by atoms with Crippen LogP contribution in [0.4, 0.5) is 0 Å². The van der Waals surface area contributed by atoms with Crippen molar-refractivity contribution in [2.45, 2.75) is 63.6 Å². The third-order valence-corrected chi connectivity index (χ3v) is 5.27. The lowest BCUT2D eigenvalue weighted by Gasteiger charge is -2.39. The van der Waals surface area contributed by atoms with Crippen LogP contribution < -0.4 is 5.73 Å². The SMILES string of the molecule is CC(=Cc1ccccc1)[C@@H](N)CC1CCCN1C1CCC1. The van der Waals surface area contributed by atoms with E-state index in [1.807, 2.05) is 0 Å². The topological polar surface area (TPSA) is 29.3 Å². The monoisotopic (exact) mass is 284 g/mol. The lowest BCUT2D eigenvalue weighted by molar-refractivity contribution is 0.108. The molecule has 0 spiro atoms. The van der Waals surface area contributed by atoms with Gasteiger partial charge in [-0.05, 0) is 51.1 Å². The number of rotatable bonds is 5. The first-order valence-electron chi connectivity index (χ1n) is 8.48. The van der Waals surface area contributed by atoms with Gasteiger partial charge in [-0.15, -0.1) is 0 Å². The highest BCUT2D eigenvalue weighted by Gasteiger charge is 2.34. The number of hydrogen-bond donors (Lipinski definition) is 1. The third kappa shape index (κ3) is 3.56. The Balaban J connectivity index is 1.60. The van der Waals surface area contributed by atoms with Crippen LogP contribution in [0.3, 0.4) is 0 Å². The van der Waals surface area contributed by atoms with Crippen molar-refractivity contribution in [3.63, 3.8) is 0 Å². The predicted molar refractivity (Wildman–Crippen MR) is 90.1 cm³/mol. The van der Waals surface area contributed by atoms with Gasteiger partial charge in [0.15, 0.2) is 0 Å². The van der Waals surface area contributed by atoms with Crippen LogP contribution in [0.25, 0.3) is 6.08 Å². The molecule has 21 heavy (non-hydrogen) atoms. The number of benzene rings is 1. The van der Waals surface area contributed by atoms with Crippen molar-refractivity contribution in [1.82, 2.24) is 4.90 Å². The smallest absolute Gasteiger partial charge is 0.0269 e. The second-order valence-electron chi connectivity index (χ2n) is 6.76. The quantitative estimate of drug-likeness (QED) is 0.890. The van der Waals surface area contributed by atoms with Crippen LogP contribution in [0, 0.1) is 0 Å². The maximum Gasteiger partial charge on any atom is 0.0269 e. The van der Waals surface area contributed by atoms with Crippen molar-refractivity contribution in [1.29, 1.82) is 0 Å². The van der Waals surface area contributed by atoms with E-state index in [0.717, 1.165) is 12.5 Å². The molecule has 2 aliphatic rings. The van der Waals surface area contributed by atoms with Crippen LogP contribution in [0.5, 0.6) is 0 Å². The molecule has 2 atom stereocenters. The molecule has 1 saturated carbocycles. The Morgan fingerprint density at radius 1 is 1.24 bits per heavy atom. The van der Waals surface area contributed by atoms with Gasteiger partial charge in [-0.25, -0.2) is 0 Å². The Bertz CT molecular complexity index is 476. The molecule has 1 unspecified atom stereocenters. The summed E-state index contributed by atoms with van der Waals surface area (Å²) in [6.07, 6.45) is 10.3. The first-order valence-corrected chi connectivity index (χ1v) is 8.48. The van der Waals surface area contributed by atoms with Crippen molar-refractivity contribution in [3.8, 4) is 0 Å². The molecule has 0 radical (unpaired) electrons. The first kappa shape index (κ1) is 14.8. The van der Waals surface area contributed by atoms with E-state index in [4.69, 9.17) is 5.73 Å². The average Bonchev–Trinajstić information content (AvgIpc) is 2.86. The fourth-order valence-electron chi connectivity index (χ4n) is 3.71. The van der Waals surface area contributed by atoms with Crippen LogP contribution in [0.1, 0.15) is 51.0 Å². The van der Waals surface area contributed by atoms with Gasteiger partial charge in [0, 0.05) is 18.1 Å². The molecule has 2 nitrogen and oxygen atoms in total. The molecular weight excluding hydrogens is 256 g/mol. The number of hydrogen-bond acceptors (Lipinski definition) is 2. The molecule has 1 heterocycles. The summed E-state index contributed by atoms with van der Waals surface area (Å²) >= 11 is 0. The maximum atomic E-state index is 6.47. The summed E-state index contributed by atoms with van der Waals surface area (Å²) < 4.78 is 0. The van der Waals surface area contributed by atoms with E-state index in [0.29, 0.717) is 6.04 Å². The molecule has 1 aromatic carbocycles. The number of nitrogens with two attached hydrogens (primary N) is 1. The lowest BCUT2D eigenvalue weighted by Crippen LogP contribution is -2.45. The van der Waals surface area contributed by atoms with Crippen LogP contribution >= 0.6 is 0 Å². The van der Waals surface area contributed by atoms with E-state index in [1.165, 1.54) is 49.8 Å². The van der Waals surface area contributed by atoms with Gasteiger partial charge in [-0.1, -0.05) is 48.4 Å². The molecule has 2 heteroatoms. The van der Waals surface area contributed by atoms with Crippen LogP contribution in [-0.2, 0) is 0 Å². The zero-order chi connectivity index (χ0) is 14.7. The van der Waals surface area contributed by atoms with Gasteiger partial charge in [0.2, 0.25) is 0 Å². The summed E-state index contributed by atoms with van der Waals surface area (Å²) in [5.74, 6) is 0. The first-order chi connectivity index (χ1) is 10.2. The van der Waals surface area contributed by atoms with Crippen LogP contribution in [0.2, 0.25) is 0 Å². The van der Waals surface area contributed by atoms with Gasteiger partial charge in [-0.3, -0.25) is 4.90 Å². The Labute approximate surface area is 129 Å². The van der Waals surface area contributed by atoms with E-state index >= 15 is 0 Å². The predicted octanol–water partition coefficient (Wildman–Crippen LogP) is 3.82. The molecule has 3 rings (SSSR count). The highest BCUT2D eigenvalue weighted by atomic mass is 15.2. The largest absolute Gasteiger partial charge is 0.324 e. The summed E-state index contributed by atoms with van der Waals surface area (Å²) in [5.41, 5.74) is 9.04. The highest BCUT2D eigenvalue weighted by Crippen LogP contribution is 2.33. The summed E-state index contributed by atoms with van der Waals surface area (Å²) in [7, 11) is 0. The van der Waals surface area contributed by atoms with Gasteiger partial charge in [0.1, 0.15) is 0 Å². The molecule has 1 aliphatic heterocycles. The molecule has 1 aromatic rings. The maximum absolute atomic E-state index is 6.47. The molecular formula is C19H28N2. The fraction of sp³-hybridized carbons (Fsp3) is 0.579. The molecule has 0 aromatic heterocycles. The van der Waals surface area contributed by atoms with Crippen LogP contribution in [0.15, 0.2) is 35.9 Å². The van der Waals surface area contributed by atoms with Gasteiger partial charge in [0.25, 0.3) is 0 Å². The van der Waals surface area contributed by atoms with E-state index in [1.54, 1.807) is 0 Å². The van der Waals surface area contributed by atoms with Gasteiger partial charge in [-0.2, -0.15) is 0 Å². The molecule has 1 saturated heterocycles.